The van der Waals surface area contributed by atoms with Gasteiger partial charge in [0.1, 0.15) is 0 Å². The Morgan fingerprint density at radius 2 is 1.94 bits per heavy atom. The van der Waals surface area contributed by atoms with Crippen molar-refractivity contribution in [3.8, 4) is 0 Å². The summed E-state index contributed by atoms with van der Waals surface area (Å²) in [7, 11) is 0. The molecule has 0 aliphatic rings. The van der Waals surface area contributed by atoms with Gasteiger partial charge in [0, 0.05) is 12.9 Å². The van der Waals surface area contributed by atoms with E-state index in [1.807, 2.05) is 12.1 Å². The van der Waals surface area contributed by atoms with Crippen molar-refractivity contribution in [2.24, 2.45) is 0 Å². The lowest BCUT2D eigenvalue weighted by Gasteiger charge is -2.10. The molecule has 0 radical (unpaired) electrons. The Hall–Kier alpha value is 0.900. The maximum absolute atomic E-state index is 6.48. The minimum atomic E-state index is -0.0969. The molecule has 0 nitrogen and oxygen atoms in total. The largest absolute Gasteiger partial charge is 0.131 e. The molecule has 1 aromatic heterocycles. The zero-order valence-electron chi connectivity index (χ0n) is 7.88. The molecule has 0 fully saturated rings. The van der Waals surface area contributed by atoms with Crippen molar-refractivity contribution in [1.29, 1.82) is 0 Å². The summed E-state index contributed by atoms with van der Waals surface area (Å²) >= 11 is 17.4. The first-order chi connectivity index (χ1) is 7.58. The third-order valence-corrected chi connectivity index (χ3v) is 5.76. The summed E-state index contributed by atoms with van der Waals surface area (Å²) < 4.78 is 3.35. The van der Waals surface area contributed by atoms with E-state index in [0.717, 1.165) is 18.7 Å². The zero-order valence-corrected chi connectivity index (χ0v) is 14.8. The molecule has 2 rings (SSSR count). The first-order valence-electron chi connectivity index (χ1n) is 4.42. The third-order valence-electron chi connectivity index (χ3n) is 2.07. The monoisotopic (exact) mass is 490 g/mol. The van der Waals surface area contributed by atoms with Gasteiger partial charge in [0.25, 0.3) is 0 Å². The van der Waals surface area contributed by atoms with Gasteiger partial charge >= 0.3 is 0 Å². The summed E-state index contributed by atoms with van der Waals surface area (Å²) in [5, 5.41) is -0.0969. The van der Waals surface area contributed by atoms with Crippen LogP contribution in [0.5, 0.6) is 0 Å². The number of thiophene rings is 1. The van der Waals surface area contributed by atoms with Gasteiger partial charge in [-0.15, -0.1) is 22.9 Å². The van der Waals surface area contributed by atoms with Crippen LogP contribution in [0.25, 0.3) is 0 Å². The number of hydrogen-bond acceptors (Lipinski definition) is 1. The van der Waals surface area contributed by atoms with E-state index in [2.05, 4.69) is 72.6 Å². The zero-order chi connectivity index (χ0) is 11.7. The normalized spacial score (nSPS) is 12.8. The quantitative estimate of drug-likeness (QED) is 0.346. The van der Waals surface area contributed by atoms with Crippen LogP contribution in [0.15, 0.2) is 38.6 Å². The molecule has 2 aromatic rings. The van der Waals surface area contributed by atoms with E-state index in [-0.39, 0.29) is 5.38 Å². The Balaban J connectivity index is 2.40. The average Bonchev–Trinajstić information content (AvgIpc) is 2.67. The van der Waals surface area contributed by atoms with E-state index in [1.165, 1.54) is 3.57 Å². The van der Waals surface area contributed by atoms with Gasteiger partial charge in [-0.1, -0.05) is 15.9 Å². The molecular formula is C11H6Br2ClIS. The topological polar surface area (TPSA) is 0 Å². The molecule has 1 heterocycles. The van der Waals surface area contributed by atoms with Gasteiger partial charge in [-0.3, -0.25) is 0 Å². The molecule has 0 bridgehead atoms. The molecule has 0 N–H and O–H groups in total. The minimum Gasteiger partial charge on any atom is -0.131 e. The summed E-state index contributed by atoms with van der Waals surface area (Å²) in [5.74, 6) is 0. The van der Waals surface area contributed by atoms with Crippen LogP contribution < -0.4 is 0 Å². The summed E-state index contributed by atoms with van der Waals surface area (Å²) in [6.45, 7) is 0. The molecule has 0 aliphatic carbocycles. The molecule has 1 unspecified atom stereocenters. The van der Waals surface area contributed by atoms with Crippen LogP contribution in [-0.4, -0.2) is 0 Å². The fourth-order valence-electron chi connectivity index (χ4n) is 1.33. The third kappa shape index (κ3) is 3.02. The number of benzene rings is 1. The summed E-state index contributed by atoms with van der Waals surface area (Å²) in [6, 6.07) is 10.3. The molecule has 84 valence electrons. The maximum Gasteiger partial charge on any atom is 0.0939 e. The summed E-state index contributed by atoms with van der Waals surface area (Å²) in [6.07, 6.45) is 0. The van der Waals surface area contributed by atoms with Crippen LogP contribution in [-0.2, 0) is 0 Å². The molecule has 1 aromatic carbocycles. The van der Waals surface area contributed by atoms with Crippen LogP contribution in [0.4, 0.5) is 0 Å². The minimum absolute atomic E-state index is 0.0969. The lowest BCUT2D eigenvalue weighted by Crippen LogP contribution is -1.92. The number of halogens is 4. The van der Waals surface area contributed by atoms with E-state index < -0.39 is 0 Å². The lowest BCUT2D eigenvalue weighted by molar-refractivity contribution is 1.16. The van der Waals surface area contributed by atoms with Gasteiger partial charge in [0.2, 0.25) is 0 Å². The molecule has 0 saturated carbocycles. The Morgan fingerprint density at radius 1 is 1.19 bits per heavy atom. The fourth-order valence-corrected chi connectivity index (χ4v) is 4.26. The van der Waals surface area contributed by atoms with Crippen LogP contribution in [0.2, 0.25) is 0 Å². The highest BCUT2D eigenvalue weighted by molar-refractivity contribution is 14.1. The molecule has 0 saturated heterocycles. The molecule has 0 amide bonds. The first-order valence-corrected chi connectivity index (χ1v) is 8.34. The standard InChI is InChI=1S/C11H6Br2ClIS/c12-8-2-1-6(15)5-7(8)11(14)9-3-4-10(13)16-9/h1-5,11H. The first kappa shape index (κ1) is 13.3. The highest BCUT2D eigenvalue weighted by atomic mass is 127. The van der Waals surface area contributed by atoms with Crippen molar-refractivity contribution >= 4 is 77.4 Å². The Labute approximate surface area is 134 Å². The highest BCUT2D eigenvalue weighted by Crippen LogP contribution is 2.38. The summed E-state index contributed by atoms with van der Waals surface area (Å²) in [4.78, 5) is 1.15. The molecule has 0 aliphatic heterocycles. The van der Waals surface area contributed by atoms with Crippen LogP contribution in [0, 0.1) is 3.57 Å². The Kier molecular flexibility index (Phi) is 4.74. The van der Waals surface area contributed by atoms with Gasteiger partial charge in [0.05, 0.1) is 9.16 Å². The van der Waals surface area contributed by atoms with Crippen molar-refractivity contribution in [2.75, 3.05) is 0 Å². The maximum atomic E-state index is 6.48. The van der Waals surface area contributed by atoms with Gasteiger partial charge in [-0.2, -0.15) is 0 Å². The Morgan fingerprint density at radius 3 is 2.56 bits per heavy atom. The van der Waals surface area contributed by atoms with E-state index in [9.17, 15) is 0 Å². The second kappa shape index (κ2) is 5.69. The fraction of sp³-hybridized carbons (Fsp3) is 0.0909. The number of hydrogen-bond donors (Lipinski definition) is 0. The van der Waals surface area contributed by atoms with Gasteiger partial charge < -0.3 is 0 Å². The smallest absolute Gasteiger partial charge is 0.0939 e. The van der Waals surface area contributed by atoms with Crippen molar-refractivity contribution in [2.45, 2.75) is 5.38 Å². The lowest BCUT2D eigenvalue weighted by atomic mass is 10.1. The van der Waals surface area contributed by atoms with E-state index in [1.54, 1.807) is 11.3 Å². The van der Waals surface area contributed by atoms with Crippen LogP contribution in [0.3, 0.4) is 0 Å². The predicted molar refractivity (Wildman–Crippen MR) is 86.6 cm³/mol. The van der Waals surface area contributed by atoms with Gasteiger partial charge in [0.15, 0.2) is 0 Å². The number of rotatable bonds is 2. The van der Waals surface area contributed by atoms with E-state index in [0.29, 0.717) is 0 Å². The van der Waals surface area contributed by atoms with Crippen molar-refractivity contribution in [1.82, 2.24) is 0 Å². The van der Waals surface area contributed by atoms with Gasteiger partial charge in [-0.25, -0.2) is 0 Å². The summed E-state index contributed by atoms with van der Waals surface area (Å²) in [5.41, 5.74) is 1.11. The van der Waals surface area contributed by atoms with Crippen molar-refractivity contribution < 1.29 is 0 Å². The number of alkyl halides is 1. The molecular weight excluding hydrogens is 486 g/mol. The SMILES string of the molecule is ClC(c1ccc(Br)s1)c1cc(I)ccc1Br. The van der Waals surface area contributed by atoms with Crippen molar-refractivity contribution in [3.05, 3.63) is 52.6 Å². The molecule has 1 atom stereocenters. The Bertz CT molecular complexity index is 512. The molecule has 0 spiro atoms. The molecule has 16 heavy (non-hydrogen) atoms. The molecule has 5 heteroatoms. The van der Waals surface area contributed by atoms with E-state index in [4.69, 9.17) is 11.6 Å². The average molecular weight is 492 g/mol. The predicted octanol–water partition coefficient (Wildman–Crippen LogP) is 6.21. The highest BCUT2D eigenvalue weighted by Gasteiger charge is 2.16. The van der Waals surface area contributed by atoms with Crippen molar-refractivity contribution in [3.63, 3.8) is 0 Å². The second-order valence-electron chi connectivity index (χ2n) is 3.17. The van der Waals surface area contributed by atoms with Crippen LogP contribution >= 0.6 is 77.4 Å². The van der Waals surface area contributed by atoms with Gasteiger partial charge in [-0.05, 0) is 74.4 Å². The second-order valence-corrected chi connectivity index (χ2v) is 8.20. The van der Waals surface area contributed by atoms with E-state index >= 15 is 0 Å². The van der Waals surface area contributed by atoms with Crippen LogP contribution in [0.1, 0.15) is 15.8 Å².